The monoisotopic (exact) mass is 270 g/mol. The van der Waals surface area contributed by atoms with Gasteiger partial charge in [0.25, 0.3) is 0 Å². The van der Waals surface area contributed by atoms with E-state index in [1.165, 1.54) is 12.8 Å². The van der Waals surface area contributed by atoms with Gasteiger partial charge in [0.2, 0.25) is 5.91 Å². The Morgan fingerprint density at radius 1 is 1.47 bits per heavy atom. The molecule has 110 valence electrons. The van der Waals surface area contributed by atoms with Crippen LogP contribution in [0.1, 0.15) is 38.5 Å². The maximum absolute atomic E-state index is 12.5. The molecule has 0 aromatic carbocycles. The maximum Gasteiger partial charge on any atom is 0.239 e. The quantitative estimate of drug-likeness (QED) is 0.754. The van der Waals surface area contributed by atoms with Crippen molar-refractivity contribution in [2.24, 2.45) is 5.73 Å². The van der Waals surface area contributed by atoms with Crippen molar-refractivity contribution in [3.05, 3.63) is 0 Å². The fraction of sp³-hybridized carbons (Fsp3) is 0.929. The van der Waals surface area contributed by atoms with Crippen LogP contribution in [0.5, 0.6) is 0 Å². The minimum absolute atomic E-state index is 0.0938. The minimum Gasteiger partial charge on any atom is -0.385 e. The number of morpholine rings is 1. The van der Waals surface area contributed by atoms with Gasteiger partial charge >= 0.3 is 0 Å². The number of carbonyl (C=O) groups is 1. The number of nitrogens with zero attached hydrogens (tertiary/aromatic N) is 1. The summed E-state index contributed by atoms with van der Waals surface area (Å²) in [4.78, 5) is 14.4. The molecular weight excluding hydrogens is 244 g/mol. The smallest absolute Gasteiger partial charge is 0.239 e. The Kier molecular flexibility index (Phi) is 5.60. The van der Waals surface area contributed by atoms with Crippen LogP contribution in [0.3, 0.4) is 0 Å². The number of ether oxygens (including phenoxy) is 2. The molecule has 0 aromatic heterocycles. The third-order valence-corrected chi connectivity index (χ3v) is 4.20. The van der Waals surface area contributed by atoms with Gasteiger partial charge in [-0.1, -0.05) is 12.8 Å². The molecule has 0 radical (unpaired) electrons. The lowest BCUT2D eigenvalue weighted by atomic mass is 9.89. The molecule has 0 spiro atoms. The van der Waals surface area contributed by atoms with Gasteiger partial charge in [0, 0.05) is 20.3 Å². The second-order valence-corrected chi connectivity index (χ2v) is 5.53. The first-order chi connectivity index (χ1) is 9.24. The number of carbonyl (C=O) groups excluding carboxylic acids is 1. The van der Waals surface area contributed by atoms with Crippen LogP contribution in [0.15, 0.2) is 0 Å². The molecule has 1 heterocycles. The zero-order valence-corrected chi connectivity index (χ0v) is 11.8. The Hall–Kier alpha value is -0.650. The zero-order chi connectivity index (χ0) is 13.7. The van der Waals surface area contributed by atoms with Crippen molar-refractivity contribution in [2.75, 3.05) is 26.9 Å². The van der Waals surface area contributed by atoms with Crippen molar-refractivity contribution in [3.63, 3.8) is 0 Å². The van der Waals surface area contributed by atoms with Crippen molar-refractivity contribution in [2.45, 2.75) is 56.7 Å². The maximum atomic E-state index is 12.5. The summed E-state index contributed by atoms with van der Waals surface area (Å²) in [5, 5.41) is 0. The number of hydrogen-bond acceptors (Lipinski definition) is 4. The molecule has 1 aliphatic carbocycles. The van der Waals surface area contributed by atoms with E-state index in [0.717, 1.165) is 19.3 Å². The first-order valence-electron chi connectivity index (χ1n) is 7.40. The summed E-state index contributed by atoms with van der Waals surface area (Å²) in [6, 6.07) is -0.140. The van der Waals surface area contributed by atoms with Crippen molar-refractivity contribution in [3.8, 4) is 0 Å². The topological polar surface area (TPSA) is 64.8 Å². The van der Waals surface area contributed by atoms with E-state index < -0.39 is 6.04 Å². The van der Waals surface area contributed by atoms with Crippen molar-refractivity contribution in [1.82, 2.24) is 4.90 Å². The summed E-state index contributed by atoms with van der Waals surface area (Å²) in [6.07, 6.45) is 6.30. The lowest BCUT2D eigenvalue weighted by molar-refractivity contribution is -0.151. The molecule has 0 aromatic rings. The van der Waals surface area contributed by atoms with Gasteiger partial charge in [0.1, 0.15) is 0 Å². The molecule has 0 bridgehead atoms. The van der Waals surface area contributed by atoms with Crippen LogP contribution in [-0.2, 0) is 14.3 Å². The van der Waals surface area contributed by atoms with Crippen molar-refractivity contribution in [1.29, 1.82) is 0 Å². The number of fused-ring (bicyclic) bond motifs is 1. The minimum atomic E-state index is -0.393. The van der Waals surface area contributed by atoms with Crippen LogP contribution in [0.4, 0.5) is 0 Å². The van der Waals surface area contributed by atoms with E-state index in [-0.39, 0.29) is 18.1 Å². The molecule has 2 N–H and O–H groups in total. The van der Waals surface area contributed by atoms with E-state index in [2.05, 4.69) is 0 Å². The van der Waals surface area contributed by atoms with Crippen LogP contribution in [0, 0.1) is 0 Å². The SMILES string of the molecule is COCCCC(N)C(=O)N1CCOC2CCCCC21. The molecule has 2 rings (SSSR count). The summed E-state index contributed by atoms with van der Waals surface area (Å²) in [5.74, 6) is 0.0938. The fourth-order valence-electron chi connectivity index (χ4n) is 3.15. The van der Waals surface area contributed by atoms with Crippen molar-refractivity contribution >= 4 is 5.91 Å². The highest BCUT2D eigenvalue weighted by Gasteiger charge is 2.37. The first-order valence-corrected chi connectivity index (χ1v) is 7.40. The second-order valence-electron chi connectivity index (χ2n) is 5.53. The van der Waals surface area contributed by atoms with E-state index in [9.17, 15) is 4.79 Å². The molecule has 3 atom stereocenters. The van der Waals surface area contributed by atoms with Gasteiger partial charge in [-0.05, 0) is 25.7 Å². The van der Waals surface area contributed by atoms with Gasteiger partial charge < -0.3 is 20.1 Å². The summed E-state index contributed by atoms with van der Waals surface area (Å²) >= 11 is 0. The lowest BCUT2D eigenvalue weighted by Crippen LogP contribution is -2.58. The fourth-order valence-corrected chi connectivity index (χ4v) is 3.15. The summed E-state index contributed by atoms with van der Waals surface area (Å²) < 4.78 is 10.8. The highest BCUT2D eigenvalue weighted by atomic mass is 16.5. The molecule has 1 saturated heterocycles. The van der Waals surface area contributed by atoms with Gasteiger partial charge in [0.05, 0.1) is 24.8 Å². The van der Waals surface area contributed by atoms with Crippen LogP contribution in [0.2, 0.25) is 0 Å². The van der Waals surface area contributed by atoms with Gasteiger partial charge in [-0.2, -0.15) is 0 Å². The average Bonchev–Trinajstić information content (AvgIpc) is 2.46. The average molecular weight is 270 g/mol. The molecule has 5 heteroatoms. The Labute approximate surface area is 115 Å². The summed E-state index contributed by atoms with van der Waals surface area (Å²) in [6.45, 7) is 2.01. The van der Waals surface area contributed by atoms with E-state index >= 15 is 0 Å². The Morgan fingerprint density at radius 2 is 2.26 bits per heavy atom. The van der Waals surface area contributed by atoms with E-state index in [1.807, 2.05) is 4.90 Å². The zero-order valence-electron chi connectivity index (χ0n) is 11.8. The predicted molar refractivity (Wildman–Crippen MR) is 72.8 cm³/mol. The number of rotatable bonds is 5. The normalized spacial score (nSPS) is 28.8. The Balaban J connectivity index is 1.89. The molecule has 1 amide bonds. The molecule has 1 aliphatic heterocycles. The van der Waals surface area contributed by atoms with E-state index in [1.54, 1.807) is 7.11 Å². The van der Waals surface area contributed by atoms with Gasteiger partial charge in [-0.15, -0.1) is 0 Å². The lowest BCUT2D eigenvalue weighted by Gasteiger charge is -2.44. The standard InChI is InChI=1S/C14H26N2O3/c1-18-9-4-5-11(15)14(17)16-8-10-19-13-7-3-2-6-12(13)16/h11-13H,2-10,15H2,1H3. The van der Waals surface area contributed by atoms with Crippen LogP contribution < -0.4 is 5.73 Å². The third kappa shape index (κ3) is 3.68. The molecule has 19 heavy (non-hydrogen) atoms. The molecule has 1 saturated carbocycles. The number of hydrogen-bond donors (Lipinski definition) is 1. The first kappa shape index (κ1) is 14.8. The van der Waals surface area contributed by atoms with Crippen molar-refractivity contribution < 1.29 is 14.3 Å². The van der Waals surface area contributed by atoms with Gasteiger partial charge in [-0.25, -0.2) is 0 Å². The Morgan fingerprint density at radius 3 is 3.05 bits per heavy atom. The molecule has 3 unspecified atom stereocenters. The number of amides is 1. The summed E-state index contributed by atoms with van der Waals surface area (Å²) in [7, 11) is 1.67. The van der Waals surface area contributed by atoms with E-state index in [0.29, 0.717) is 26.2 Å². The summed E-state index contributed by atoms with van der Waals surface area (Å²) in [5.41, 5.74) is 6.02. The molecular formula is C14H26N2O3. The Bertz CT molecular complexity index is 296. The molecule has 5 nitrogen and oxygen atoms in total. The third-order valence-electron chi connectivity index (χ3n) is 4.20. The highest BCUT2D eigenvalue weighted by molar-refractivity contribution is 5.82. The van der Waals surface area contributed by atoms with Crippen LogP contribution >= 0.6 is 0 Å². The van der Waals surface area contributed by atoms with E-state index in [4.69, 9.17) is 15.2 Å². The van der Waals surface area contributed by atoms with Gasteiger partial charge in [-0.3, -0.25) is 4.79 Å². The number of methoxy groups -OCH3 is 1. The number of nitrogens with two attached hydrogens (primary N) is 1. The van der Waals surface area contributed by atoms with Crippen LogP contribution in [-0.4, -0.2) is 55.9 Å². The largest absolute Gasteiger partial charge is 0.385 e. The molecule has 2 aliphatic rings. The second kappa shape index (κ2) is 7.22. The predicted octanol–water partition coefficient (Wildman–Crippen LogP) is 0.910. The van der Waals surface area contributed by atoms with Crippen LogP contribution in [0.25, 0.3) is 0 Å². The molecule has 2 fully saturated rings. The van der Waals surface area contributed by atoms with Gasteiger partial charge in [0.15, 0.2) is 0 Å². The highest BCUT2D eigenvalue weighted by Crippen LogP contribution is 2.28.